The Hall–Kier alpha value is -0.870. The lowest BCUT2D eigenvalue weighted by molar-refractivity contribution is 0.149. The molecule has 1 aromatic rings. The number of nitrogens with one attached hydrogen (secondary N) is 1. The first kappa shape index (κ1) is 15.5. The van der Waals surface area contributed by atoms with Gasteiger partial charge in [-0.05, 0) is 31.7 Å². The Morgan fingerprint density at radius 3 is 2.60 bits per heavy atom. The van der Waals surface area contributed by atoms with Crippen LogP contribution >= 0.6 is 0 Å². The summed E-state index contributed by atoms with van der Waals surface area (Å²) >= 11 is 0. The molecule has 2 rings (SSSR count). The Bertz CT molecular complexity index is 384. The molecular weight excluding hydrogens is 250 g/mol. The minimum absolute atomic E-state index is 0.158. The van der Waals surface area contributed by atoms with Crippen LogP contribution in [0.2, 0.25) is 0 Å². The number of hydrogen-bond donors (Lipinski definition) is 2. The molecule has 20 heavy (non-hydrogen) atoms. The molecule has 4 nitrogen and oxygen atoms in total. The van der Waals surface area contributed by atoms with Gasteiger partial charge in [0.15, 0.2) is 0 Å². The van der Waals surface area contributed by atoms with Crippen molar-refractivity contribution in [3.05, 3.63) is 18.0 Å². The molecule has 0 radical (unpaired) electrons. The number of aliphatic hydroxyl groups is 1. The van der Waals surface area contributed by atoms with E-state index in [1.54, 1.807) is 0 Å². The average molecular weight is 279 g/mol. The predicted molar refractivity (Wildman–Crippen MR) is 81.6 cm³/mol. The maximum absolute atomic E-state index is 9.58. The molecule has 2 N–H and O–H groups in total. The summed E-state index contributed by atoms with van der Waals surface area (Å²) < 4.78 is 2.15. The van der Waals surface area contributed by atoms with Crippen molar-refractivity contribution in [2.24, 2.45) is 0 Å². The van der Waals surface area contributed by atoms with Gasteiger partial charge in [-0.15, -0.1) is 0 Å². The van der Waals surface area contributed by atoms with Crippen LogP contribution in [0.15, 0.2) is 12.3 Å². The molecule has 1 aliphatic carbocycles. The van der Waals surface area contributed by atoms with Crippen LogP contribution in [-0.2, 0) is 6.54 Å². The van der Waals surface area contributed by atoms with Crippen molar-refractivity contribution >= 4 is 0 Å². The van der Waals surface area contributed by atoms with Crippen molar-refractivity contribution in [1.82, 2.24) is 15.1 Å². The van der Waals surface area contributed by atoms with Crippen molar-refractivity contribution < 1.29 is 5.11 Å². The normalized spacial score (nSPS) is 17.6. The van der Waals surface area contributed by atoms with E-state index in [1.165, 1.54) is 32.1 Å². The molecule has 0 aromatic carbocycles. The Morgan fingerprint density at radius 2 is 2.00 bits per heavy atom. The van der Waals surface area contributed by atoms with Crippen LogP contribution in [0.25, 0.3) is 0 Å². The fraction of sp³-hybridized carbons (Fsp3) is 0.812. The van der Waals surface area contributed by atoms with Crippen molar-refractivity contribution in [3.63, 3.8) is 0 Å². The van der Waals surface area contributed by atoms with E-state index < -0.39 is 0 Å². The molecule has 1 aliphatic rings. The van der Waals surface area contributed by atoms with E-state index in [-0.39, 0.29) is 12.1 Å². The van der Waals surface area contributed by atoms with Gasteiger partial charge in [-0.1, -0.05) is 33.1 Å². The minimum Gasteiger partial charge on any atom is -0.394 e. The number of aliphatic hydroxyl groups excluding tert-OH is 1. The molecule has 0 bridgehead atoms. The molecule has 0 amide bonds. The molecule has 1 saturated carbocycles. The van der Waals surface area contributed by atoms with Gasteiger partial charge in [0.1, 0.15) is 0 Å². The SMILES string of the molecule is CCC(CC)(CO)NCc1ccn(C2CCCCC2)n1. The van der Waals surface area contributed by atoms with E-state index in [9.17, 15) is 5.11 Å². The Balaban J connectivity index is 1.92. The van der Waals surface area contributed by atoms with Crippen LogP contribution in [0.1, 0.15) is 70.5 Å². The maximum atomic E-state index is 9.58. The third-order valence-electron chi connectivity index (χ3n) is 4.91. The molecule has 0 spiro atoms. The molecule has 1 heterocycles. The molecule has 0 atom stereocenters. The quantitative estimate of drug-likeness (QED) is 0.806. The summed E-state index contributed by atoms with van der Waals surface area (Å²) in [5.41, 5.74) is 0.921. The summed E-state index contributed by atoms with van der Waals surface area (Å²) in [7, 11) is 0. The Kier molecular flexibility index (Phi) is 5.61. The molecule has 4 heteroatoms. The lowest BCUT2D eigenvalue weighted by Gasteiger charge is -2.30. The first-order valence-corrected chi connectivity index (χ1v) is 8.13. The molecule has 0 aliphatic heterocycles. The summed E-state index contributed by atoms with van der Waals surface area (Å²) in [6.07, 6.45) is 10.5. The van der Waals surface area contributed by atoms with Gasteiger partial charge in [0, 0.05) is 18.3 Å². The number of hydrogen-bond acceptors (Lipinski definition) is 3. The summed E-state index contributed by atoms with van der Waals surface area (Å²) in [4.78, 5) is 0. The van der Waals surface area contributed by atoms with Gasteiger partial charge in [-0.2, -0.15) is 5.10 Å². The van der Waals surface area contributed by atoms with Crippen LogP contribution in [0.4, 0.5) is 0 Å². The average Bonchev–Trinajstić information content (AvgIpc) is 2.99. The van der Waals surface area contributed by atoms with Crippen molar-refractivity contribution in [2.45, 2.75) is 76.9 Å². The highest BCUT2D eigenvalue weighted by molar-refractivity contribution is 5.01. The predicted octanol–water partition coefficient (Wildman–Crippen LogP) is 3.03. The van der Waals surface area contributed by atoms with E-state index in [0.717, 1.165) is 25.1 Å². The van der Waals surface area contributed by atoms with Crippen LogP contribution < -0.4 is 5.32 Å². The van der Waals surface area contributed by atoms with Crippen LogP contribution in [0.3, 0.4) is 0 Å². The standard InChI is InChI=1S/C16H29N3O/c1-3-16(4-2,13-20)17-12-14-10-11-19(18-14)15-8-6-5-7-9-15/h10-11,15,17,20H,3-9,12-13H2,1-2H3. The second-order valence-corrected chi connectivity index (χ2v) is 6.08. The smallest absolute Gasteiger partial charge is 0.0762 e. The number of rotatable bonds is 7. The van der Waals surface area contributed by atoms with Gasteiger partial charge >= 0.3 is 0 Å². The van der Waals surface area contributed by atoms with Crippen LogP contribution in [0.5, 0.6) is 0 Å². The monoisotopic (exact) mass is 279 g/mol. The zero-order valence-electron chi connectivity index (χ0n) is 12.9. The molecule has 1 aromatic heterocycles. The number of aromatic nitrogens is 2. The third-order valence-corrected chi connectivity index (χ3v) is 4.91. The Morgan fingerprint density at radius 1 is 1.30 bits per heavy atom. The lowest BCUT2D eigenvalue weighted by Crippen LogP contribution is -2.47. The first-order valence-electron chi connectivity index (χ1n) is 8.13. The van der Waals surface area contributed by atoms with E-state index in [4.69, 9.17) is 5.10 Å². The highest BCUT2D eigenvalue weighted by Gasteiger charge is 2.24. The minimum atomic E-state index is -0.158. The van der Waals surface area contributed by atoms with Crippen LogP contribution in [-0.4, -0.2) is 27.0 Å². The zero-order valence-corrected chi connectivity index (χ0v) is 12.9. The van der Waals surface area contributed by atoms with E-state index in [1.807, 2.05) is 0 Å². The fourth-order valence-electron chi connectivity index (χ4n) is 3.08. The van der Waals surface area contributed by atoms with E-state index in [0.29, 0.717) is 6.04 Å². The second kappa shape index (κ2) is 7.23. The van der Waals surface area contributed by atoms with E-state index >= 15 is 0 Å². The summed E-state index contributed by atoms with van der Waals surface area (Å²) in [5, 5.41) is 17.8. The summed E-state index contributed by atoms with van der Waals surface area (Å²) in [6.45, 7) is 5.16. The second-order valence-electron chi connectivity index (χ2n) is 6.08. The van der Waals surface area contributed by atoms with Gasteiger partial charge in [0.25, 0.3) is 0 Å². The highest BCUT2D eigenvalue weighted by Crippen LogP contribution is 2.27. The number of nitrogens with zero attached hydrogens (tertiary/aromatic N) is 2. The van der Waals surface area contributed by atoms with Crippen molar-refractivity contribution in [1.29, 1.82) is 0 Å². The third kappa shape index (κ3) is 3.61. The van der Waals surface area contributed by atoms with Gasteiger partial charge in [0.2, 0.25) is 0 Å². The van der Waals surface area contributed by atoms with Crippen molar-refractivity contribution in [3.8, 4) is 0 Å². The van der Waals surface area contributed by atoms with Gasteiger partial charge in [0.05, 0.1) is 18.3 Å². The summed E-state index contributed by atoms with van der Waals surface area (Å²) in [6, 6.07) is 2.70. The van der Waals surface area contributed by atoms with Crippen LogP contribution in [0, 0.1) is 0 Å². The molecule has 0 saturated heterocycles. The summed E-state index contributed by atoms with van der Waals surface area (Å²) in [5.74, 6) is 0. The van der Waals surface area contributed by atoms with Gasteiger partial charge in [-0.25, -0.2) is 0 Å². The lowest BCUT2D eigenvalue weighted by atomic mass is 9.94. The highest BCUT2D eigenvalue weighted by atomic mass is 16.3. The zero-order chi connectivity index (χ0) is 14.4. The van der Waals surface area contributed by atoms with E-state index in [2.05, 4.69) is 36.1 Å². The maximum Gasteiger partial charge on any atom is 0.0762 e. The molecule has 0 unspecified atom stereocenters. The largest absolute Gasteiger partial charge is 0.394 e. The fourth-order valence-corrected chi connectivity index (χ4v) is 3.08. The topological polar surface area (TPSA) is 50.1 Å². The molecule has 1 fully saturated rings. The first-order chi connectivity index (χ1) is 9.73. The van der Waals surface area contributed by atoms with Gasteiger partial charge in [-0.3, -0.25) is 4.68 Å². The Labute approximate surface area is 122 Å². The van der Waals surface area contributed by atoms with Crippen molar-refractivity contribution in [2.75, 3.05) is 6.61 Å². The molecular formula is C16H29N3O. The van der Waals surface area contributed by atoms with Gasteiger partial charge < -0.3 is 10.4 Å². The molecule has 114 valence electrons.